The van der Waals surface area contributed by atoms with Gasteiger partial charge in [-0.3, -0.25) is 4.68 Å². The molecule has 0 amide bonds. The summed E-state index contributed by atoms with van der Waals surface area (Å²) in [4.78, 5) is 0. The highest BCUT2D eigenvalue weighted by Crippen LogP contribution is 2.37. The van der Waals surface area contributed by atoms with E-state index in [1.54, 1.807) is 4.68 Å². The van der Waals surface area contributed by atoms with Gasteiger partial charge in [-0.25, -0.2) is 0 Å². The van der Waals surface area contributed by atoms with Crippen molar-refractivity contribution in [3.63, 3.8) is 0 Å². The molecule has 3 heteroatoms. The third-order valence-corrected chi connectivity index (χ3v) is 2.44. The quantitative estimate of drug-likeness (QED) is 0.715. The zero-order chi connectivity index (χ0) is 12.0. The Morgan fingerprint density at radius 1 is 1.00 bits per heavy atom. The minimum absolute atomic E-state index is 0.0880. The second-order valence-electron chi connectivity index (χ2n) is 6.17. The van der Waals surface area contributed by atoms with Crippen molar-refractivity contribution in [2.75, 3.05) is 0 Å². The highest BCUT2D eigenvalue weighted by Gasteiger charge is 2.30. The topological polar surface area (TPSA) is 38.0 Å². The number of hydrogen-bond acceptors (Lipinski definition) is 2. The molecule has 0 aliphatic carbocycles. The van der Waals surface area contributed by atoms with Crippen molar-refractivity contribution in [3.05, 3.63) is 11.4 Å². The van der Waals surface area contributed by atoms with E-state index in [-0.39, 0.29) is 10.8 Å². The van der Waals surface area contributed by atoms with Gasteiger partial charge in [0, 0.05) is 17.9 Å². The molecule has 0 aromatic carbocycles. The largest absolute Gasteiger partial charge is 0.504 e. The molecule has 0 saturated heterocycles. The lowest BCUT2D eigenvalue weighted by Gasteiger charge is -2.19. The van der Waals surface area contributed by atoms with Crippen molar-refractivity contribution in [1.29, 1.82) is 0 Å². The van der Waals surface area contributed by atoms with Gasteiger partial charge in [0.15, 0.2) is 5.75 Å². The third kappa shape index (κ3) is 2.16. The molecule has 0 aliphatic heterocycles. The van der Waals surface area contributed by atoms with Crippen molar-refractivity contribution >= 4 is 0 Å². The van der Waals surface area contributed by atoms with Crippen LogP contribution in [0.3, 0.4) is 0 Å². The van der Waals surface area contributed by atoms with Crippen LogP contribution in [0.2, 0.25) is 0 Å². The molecular weight excluding hydrogens is 188 g/mol. The van der Waals surface area contributed by atoms with Crippen molar-refractivity contribution in [2.24, 2.45) is 7.05 Å². The lowest BCUT2D eigenvalue weighted by molar-refractivity contribution is 0.420. The van der Waals surface area contributed by atoms with Gasteiger partial charge in [0.2, 0.25) is 0 Å². The van der Waals surface area contributed by atoms with Gasteiger partial charge < -0.3 is 5.11 Å². The molecule has 1 N–H and O–H groups in total. The number of aromatic nitrogens is 2. The van der Waals surface area contributed by atoms with Crippen LogP contribution in [0.25, 0.3) is 0 Å². The van der Waals surface area contributed by atoms with E-state index in [4.69, 9.17) is 0 Å². The number of rotatable bonds is 0. The minimum Gasteiger partial charge on any atom is -0.504 e. The number of aromatic hydroxyl groups is 1. The standard InChI is InChI=1S/C12H22N2O/c1-11(2,3)9-8(15)10(12(4,5)6)14(7)13-9/h15H,1-7H3. The van der Waals surface area contributed by atoms with Crippen LogP contribution in [0.1, 0.15) is 52.9 Å². The van der Waals surface area contributed by atoms with E-state index in [1.807, 2.05) is 7.05 Å². The molecule has 1 heterocycles. The summed E-state index contributed by atoms with van der Waals surface area (Å²) < 4.78 is 1.79. The van der Waals surface area contributed by atoms with Gasteiger partial charge >= 0.3 is 0 Å². The maximum atomic E-state index is 10.2. The Morgan fingerprint density at radius 3 is 1.67 bits per heavy atom. The molecule has 0 spiro atoms. The molecule has 0 unspecified atom stereocenters. The lowest BCUT2D eigenvalue weighted by Crippen LogP contribution is -2.16. The van der Waals surface area contributed by atoms with Crippen LogP contribution in [-0.4, -0.2) is 14.9 Å². The van der Waals surface area contributed by atoms with Crippen LogP contribution in [-0.2, 0) is 17.9 Å². The predicted molar refractivity (Wildman–Crippen MR) is 62.3 cm³/mol. The molecule has 0 fully saturated rings. The van der Waals surface area contributed by atoms with E-state index in [1.165, 1.54) is 0 Å². The lowest BCUT2D eigenvalue weighted by atomic mass is 9.87. The molecule has 0 radical (unpaired) electrons. The first-order valence-electron chi connectivity index (χ1n) is 5.32. The van der Waals surface area contributed by atoms with Gasteiger partial charge in [0.25, 0.3) is 0 Å². The molecular formula is C12H22N2O. The third-order valence-electron chi connectivity index (χ3n) is 2.44. The fraction of sp³-hybridized carbons (Fsp3) is 0.750. The fourth-order valence-electron chi connectivity index (χ4n) is 1.86. The van der Waals surface area contributed by atoms with Gasteiger partial charge in [0.1, 0.15) is 5.69 Å². The van der Waals surface area contributed by atoms with Crippen molar-refractivity contribution < 1.29 is 5.11 Å². The van der Waals surface area contributed by atoms with Gasteiger partial charge in [0.05, 0.1) is 5.69 Å². The highest BCUT2D eigenvalue weighted by atomic mass is 16.3. The average Bonchev–Trinajstić information content (AvgIpc) is 2.22. The van der Waals surface area contributed by atoms with E-state index in [0.29, 0.717) is 5.75 Å². The molecule has 1 rings (SSSR count). The molecule has 15 heavy (non-hydrogen) atoms. The second-order valence-corrected chi connectivity index (χ2v) is 6.17. The second kappa shape index (κ2) is 3.26. The van der Waals surface area contributed by atoms with Crippen molar-refractivity contribution in [2.45, 2.75) is 52.4 Å². The summed E-state index contributed by atoms with van der Waals surface area (Å²) in [6.07, 6.45) is 0. The normalized spacial score (nSPS) is 13.3. The van der Waals surface area contributed by atoms with Crippen LogP contribution in [0.5, 0.6) is 5.75 Å². The fourth-order valence-corrected chi connectivity index (χ4v) is 1.86. The first-order chi connectivity index (χ1) is 6.55. The molecule has 0 bridgehead atoms. The molecule has 86 valence electrons. The maximum absolute atomic E-state index is 10.2. The van der Waals surface area contributed by atoms with Crippen LogP contribution >= 0.6 is 0 Å². The Balaban J connectivity index is 3.41. The summed E-state index contributed by atoms with van der Waals surface area (Å²) in [5.74, 6) is 0.345. The van der Waals surface area contributed by atoms with Gasteiger partial charge in [-0.15, -0.1) is 0 Å². The first kappa shape index (κ1) is 12.1. The predicted octanol–water partition coefficient (Wildman–Crippen LogP) is 2.72. The van der Waals surface area contributed by atoms with E-state index in [2.05, 4.69) is 46.6 Å². The molecule has 0 aliphatic rings. The zero-order valence-corrected chi connectivity index (χ0v) is 10.8. The number of aryl methyl sites for hydroxylation is 1. The van der Waals surface area contributed by atoms with Crippen LogP contribution in [0, 0.1) is 0 Å². The highest BCUT2D eigenvalue weighted by molar-refractivity contribution is 5.40. The van der Waals surface area contributed by atoms with Crippen molar-refractivity contribution in [1.82, 2.24) is 9.78 Å². The Hall–Kier alpha value is -0.990. The minimum atomic E-state index is -0.120. The monoisotopic (exact) mass is 210 g/mol. The molecule has 1 aromatic rings. The molecule has 0 atom stereocenters. The van der Waals surface area contributed by atoms with Crippen LogP contribution in [0.4, 0.5) is 0 Å². The zero-order valence-electron chi connectivity index (χ0n) is 10.8. The summed E-state index contributed by atoms with van der Waals surface area (Å²) in [6, 6.07) is 0. The maximum Gasteiger partial charge on any atom is 0.161 e. The summed E-state index contributed by atoms with van der Waals surface area (Å²) in [7, 11) is 1.88. The van der Waals surface area contributed by atoms with E-state index < -0.39 is 0 Å². The summed E-state index contributed by atoms with van der Waals surface area (Å²) in [5, 5.41) is 14.6. The Labute approximate surface area is 92.1 Å². The van der Waals surface area contributed by atoms with Crippen molar-refractivity contribution in [3.8, 4) is 5.75 Å². The molecule has 3 nitrogen and oxygen atoms in total. The van der Waals surface area contributed by atoms with E-state index in [9.17, 15) is 5.11 Å². The van der Waals surface area contributed by atoms with E-state index >= 15 is 0 Å². The number of nitrogens with zero attached hydrogens (tertiary/aromatic N) is 2. The summed E-state index contributed by atoms with van der Waals surface area (Å²) in [6.45, 7) is 12.4. The molecule has 0 saturated carbocycles. The Kier molecular flexibility index (Phi) is 2.62. The van der Waals surface area contributed by atoms with Crippen LogP contribution in [0.15, 0.2) is 0 Å². The summed E-state index contributed by atoms with van der Waals surface area (Å²) in [5.41, 5.74) is 1.46. The SMILES string of the molecule is Cn1nc(C(C)(C)C)c(O)c1C(C)(C)C. The van der Waals surface area contributed by atoms with Gasteiger partial charge in [-0.05, 0) is 0 Å². The van der Waals surface area contributed by atoms with Crippen LogP contribution < -0.4 is 0 Å². The smallest absolute Gasteiger partial charge is 0.161 e. The first-order valence-corrected chi connectivity index (χ1v) is 5.32. The Bertz CT molecular complexity index is 364. The summed E-state index contributed by atoms with van der Waals surface area (Å²) >= 11 is 0. The number of hydrogen-bond donors (Lipinski definition) is 1. The van der Waals surface area contributed by atoms with Gasteiger partial charge in [-0.2, -0.15) is 5.10 Å². The average molecular weight is 210 g/mol. The van der Waals surface area contributed by atoms with E-state index in [0.717, 1.165) is 11.4 Å². The Morgan fingerprint density at radius 2 is 1.47 bits per heavy atom. The van der Waals surface area contributed by atoms with Gasteiger partial charge in [-0.1, -0.05) is 41.5 Å². The molecule has 1 aromatic heterocycles.